The van der Waals surface area contributed by atoms with Crippen molar-refractivity contribution in [2.75, 3.05) is 27.4 Å². The van der Waals surface area contributed by atoms with Crippen LogP contribution in [-0.4, -0.2) is 42.4 Å². The number of aliphatic hydroxyl groups is 1. The fraction of sp³-hybridized carbons (Fsp3) is 0.292. The molecule has 0 aliphatic carbocycles. The molecule has 3 heterocycles. The van der Waals surface area contributed by atoms with E-state index >= 15 is 0 Å². The highest BCUT2D eigenvalue weighted by atomic mass is 32.1. The zero-order chi connectivity index (χ0) is 20.9. The second-order valence-corrected chi connectivity index (χ2v) is 8.07. The predicted octanol–water partition coefficient (Wildman–Crippen LogP) is 3.65. The number of benzene rings is 1. The lowest BCUT2D eigenvalue weighted by molar-refractivity contribution is 0.205. The van der Waals surface area contributed by atoms with Gasteiger partial charge in [-0.05, 0) is 47.4 Å². The van der Waals surface area contributed by atoms with E-state index in [-0.39, 0.29) is 12.6 Å². The van der Waals surface area contributed by atoms with Gasteiger partial charge in [-0.2, -0.15) is 0 Å². The highest BCUT2D eigenvalue weighted by Crippen LogP contribution is 2.41. The Morgan fingerprint density at radius 1 is 1.23 bits per heavy atom. The SMILES string of the molecule is COc1cc2c(cc1OC)C(c1cccnc1)N(Cc1cc(C#CCO)cs1)CC2. The van der Waals surface area contributed by atoms with E-state index in [0.717, 1.165) is 42.1 Å². The number of ether oxygens (including phenoxy) is 2. The number of aliphatic hydroxyl groups excluding tert-OH is 1. The Morgan fingerprint density at radius 3 is 2.80 bits per heavy atom. The lowest BCUT2D eigenvalue weighted by Crippen LogP contribution is -2.35. The second-order valence-electron chi connectivity index (χ2n) is 7.08. The summed E-state index contributed by atoms with van der Waals surface area (Å²) >= 11 is 1.70. The van der Waals surface area contributed by atoms with Gasteiger partial charge in [0.05, 0.1) is 20.3 Å². The van der Waals surface area contributed by atoms with Crippen LogP contribution in [-0.2, 0) is 13.0 Å². The summed E-state index contributed by atoms with van der Waals surface area (Å²) in [6.07, 6.45) is 4.68. The van der Waals surface area contributed by atoms with E-state index < -0.39 is 0 Å². The van der Waals surface area contributed by atoms with Crippen LogP contribution in [0.4, 0.5) is 0 Å². The maximum absolute atomic E-state index is 8.93. The van der Waals surface area contributed by atoms with Crippen molar-refractivity contribution >= 4 is 11.3 Å². The minimum atomic E-state index is -0.123. The number of nitrogens with zero attached hydrogens (tertiary/aromatic N) is 2. The normalized spacial score (nSPS) is 15.8. The van der Waals surface area contributed by atoms with E-state index in [1.807, 2.05) is 17.6 Å². The number of aromatic nitrogens is 1. The van der Waals surface area contributed by atoms with Gasteiger partial charge in [0, 0.05) is 41.3 Å². The third-order valence-corrected chi connectivity index (χ3v) is 6.22. The molecule has 3 aromatic rings. The first-order chi connectivity index (χ1) is 14.7. The lowest BCUT2D eigenvalue weighted by atomic mass is 9.88. The van der Waals surface area contributed by atoms with E-state index in [1.54, 1.807) is 31.8 Å². The van der Waals surface area contributed by atoms with Crippen molar-refractivity contribution in [1.82, 2.24) is 9.88 Å². The Hall–Kier alpha value is -2.85. The minimum Gasteiger partial charge on any atom is -0.493 e. The van der Waals surface area contributed by atoms with Gasteiger partial charge in [0.1, 0.15) is 6.61 Å². The summed E-state index contributed by atoms with van der Waals surface area (Å²) < 4.78 is 11.1. The first-order valence-corrected chi connectivity index (χ1v) is 10.7. The average Bonchev–Trinajstić information content (AvgIpc) is 3.24. The van der Waals surface area contributed by atoms with Crippen molar-refractivity contribution in [3.05, 3.63) is 75.2 Å². The predicted molar refractivity (Wildman–Crippen MR) is 118 cm³/mol. The molecule has 0 bridgehead atoms. The van der Waals surface area contributed by atoms with Crippen LogP contribution in [0.1, 0.15) is 33.2 Å². The largest absolute Gasteiger partial charge is 0.493 e. The Balaban J connectivity index is 1.72. The number of rotatable bonds is 5. The Labute approximate surface area is 180 Å². The molecule has 6 heteroatoms. The van der Waals surface area contributed by atoms with Gasteiger partial charge >= 0.3 is 0 Å². The molecule has 0 amide bonds. The Bertz CT molecular complexity index is 1070. The van der Waals surface area contributed by atoms with E-state index in [0.29, 0.717) is 0 Å². The van der Waals surface area contributed by atoms with Crippen LogP contribution < -0.4 is 9.47 Å². The zero-order valence-corrected chi connectivity index (χ0v) is 17.9. The van der Waals surface area contributed by atoms with Crippen LogP contribution >= 0.6 is 11.3 Å². The number of hydrogen-bond donors (Lipinski definition) is 1. The van der Waals surface area contributed by atoms with Gasteiger partial charge < -0.3 is 14.6 Å². The molecule has 5 nitrogen and oxygen atoms in total. The average molecular weight is 421 g/mol. The van der Waals surface area contributed by atoms with Crippen LogP contribution in [0.25, 0.3) is 0 Å². The Kier molecular flexibility index (Phi) is 6.34. The fourth-order valence-electron chi connectivity index (χ4n) is 3.97. The Morgan fingerprint density at radius 2 is 2.07 bits per heavy atom. The summed E-state index contributed by atoms with van der Waals surface area (Å²) in [6.45, 7) is 1.62. The summed E-state index contributed by atoms with van der Waals surface area (Å²) in [6, 6.07) is 10.5. The van der Waals surface area contributed by atoms with Crippen LogP contribution in [0.3, 0.4) is 0 Å². The van der Waals surface area contributed by atoms with Crippen LogP contribution in [0.2, 0.25) is 0 Å². The molecular formula is C24H24N2O3S. The van der Waals surface area contributed by atoms with Crippen molar-refractivity contribution in [1.29, 1.82) is 0 Å². The molecule has 1 aliphatic rings. The van der Waals surface area contributed by atoms with Gasteiger partial charge in [-0.15, -0.1) is 11.3 Å². The van der Waals surface area contributed by atoms with Gasteiger partial charge in [0.2, 0.25) is 0 Å². The zero-order valence-electron chi connectivity index (χ0n) is 17.1. The van der Waals surface area contributed by atoms with Crippen LogP contribution in [0, 0.1) is 11.8 Å². The molecule has 1 aromatic carbocycles. The van der Waals surface area contributed by atoms with E-state index in [4.69, 9.17) is 14.6 Å². The fourth-order valence-corrected chi connectivity index (χ4v) is 4.81. The van der Waals surface area contributed by atoms with Gasteiger partial charge in [-0.3, -0.25) is 9.88 Å². The maximum Gasteiger partial charge on any atom is 0.161 e. The molecule has 1 atom stereocenters. The second kappa shape index (κ2) is 9.31. The van der Waals surface area contributed by atoms with Crippen molar-refractivity contribution in [3.63, 3.8) is 0 Å². The molecule has 30 heavy (non-hydrogen) atoms. The number of hydrogen-bond acceptors (Lipinski definition) is 6. The van der Waals surface area contributed by atoms with Gasteiger partial charge in [0.25, 0.3) is 0 Å². The summed E-state index contributed by atoms with van der Waals surface area (Å²) in [4.78, 5) is 8.08. The minimum absolute atomic E-state index is 0.0799. The van der Waals surface area contributed by atoms with Gasteiger partial charge in [-0.25, -0.2) is 0 Å². The number of pyridine rings is 1. The van der Waals surface area contributed by atoms with Crippen LogP contribution in [0.5, 0.6) is 11.5 Å². The van der Waals surface area contributed by atoms with E-state index in [1.165, 1.54) is 16.0 Å². The van der Waals surface area contributed by atoms with Crippen LogP contribution in [0.15, 0.2) is 48.1 Å². The topological polar surface area (TPSA) is 54.8 Å². The molecule has 0 saturated heterocycles. The molecule has 4 rings (SSSR count). The lowest BCUT2D eigenvalue weighted by Gasteiger charge is -2.37. The van der Waals surface area contributed by atoms with Gasteiger partial charge in [-0.1, -0.05) is 17.9 Å². The van der Waals surface area contributed by atoms with Crippen molar-refractivity contribution < 1.29 is 14.6 Å². The number of thiophene rings is 1. The highest BCUT2D eigenvalue weighted by molar-refractivity contribution is 7.10. The molecule has 0 radical (unpaired) electrons. The third-order valence-electron chi connectivity index (χ3n) is 5.30. The first kappa shape index (κ1) is 20.4. The first-order valence-electron chi connectivity index (χ1n) is 9.79. The standard InChI is InChI=1S/C24H24N2O3S/c1-28-22-12-18-7-9-26(15-20-11-17(16-30-20)5-4-10-27)24(19-6-3-8-25-14-19)21(18)13-23(22)29-2/h3,6,8,11-14,16,24,27H,7,9-10,15H2,1-2H3. The molecular weight excluding hydrogens is 396 g/mol. The molecule has 1 aliphatic heterocycles. The molecule has 0 spiro atoms. The maximum atomic E-state index is 8.93. The highest BCUT2D eigenvalue weighted by Gasteiger charge is 2.30. The summed E-state index contributed by atoms with van der Waals surface area (Å²) in [5, 5.41) is 11.0. The number of fused-ring (bicyclic) bond motifs is 1. The molecule has 0 fully saturated rings. The molecule has 1 unspecified atom stereocenters. The quantitative estimate of drug-likeness (QED) is 0.639. The van der Waals surface area contributed by atoms with E-state index in [2.05, 4.69) is 46.0 Å². The molecule has 2 aromatic heterocycles. The smallest absolute Gasteiger partial charge is 0.161 e. The van der Waals surface area contributed by atoms with E-state index in [9.17, 15) is 0 Å². The molecule has 154 valence electrons. The van der Waals surface area contributed by atoms with Crippen molar-refractivity contribution in [3.8, 4) is 23.3 Å². The van der Waals surface area contributed by atoms with Gasteiger partial charge in [0.15, 0.2) is 11.5 Å². The summed E-state index contributed by atoms with van der Waals surface area (Å²) in [5.74, 6) is 7.21. The summed E-state index contributed by atoms with van der Waals surface area (Å²) in [7, 11) is 3.34. The molecule has 1 N–H and O–H groups in total. The third kappa shape index (κ3) is 4.19. The summed E-state index contributed by atoms with van der Waals surface area (Å²) in [5.41, 5.74) is 4.61. The number of methoxy groups -OCH3 is 2. The monoisotopic (exact) mass is 420 g/mol. The molecule has 0 saturated carbocycles. The van der Waals surface area contributed by atoms with Crippen molar-refractivity contribution in [2.45, 2.75) is 19.0 Å². The van der Waals surface area contributed by atoms with Crippen molar-refractivity contribution in [2.24, 2.45) is 0 Å².